The Bertz CT molecular complexity index is 1340. The summed E-state index contributed by atoms with van der Waals surface area (Å²) < 4.78 is 16.2. The molecule has 9 heteroatoms. The number of rotatable bonds is 6. The molecule has 0 aliphatic heterocycles. The fourth-order valence-corrected chi connectivity index (χ4v) is 3.95. The number of aromatic nitrogens is 4. The van der Waals surface area contributed by atoms with Gasteiger partial charge in [0.25, 0.3) is 5.91 Å². The fourth-order valence-electron chi connectivity index (χ4n) is 3.95. The van der Waals surface area contributed by atoms with E-state index in [0.29, 0.717) is 28.1 Å². The summed E-state index contributed by atoms with van der Waals surface area (Å²) in [6.45, 7) is 3.80. The van der Waals surface area contributed by atoms with Crippen molar-refractivity contribution in [3.63, 3.8) is 0 Å². The van der Waals surface area contributed by atoms with Crippen LogP contribution in [0.5, 0.6) is 0 Å². The number of nitrogens with one attached hydrogen (secondary N) is 1. The number of nitrogens with two attached hydrogens (primary N) is 1. The van der Waals surface area contributed by atoms with E-state index in [1.165, 1.54) is 0 Å². The van der Waals surface area contributed by atoms with Crippen molar-refractivity contribution >= 4 is 11.7 Å². The second kappa shape index (κ2) is 9.40. The molecule has 0 unspecified atom stereocenters. The average Bonchev–Trinajstić information content (AvgIpc) is 3.09. The molecule has 174 valence electrons. The molecule has 4 N–H and O–H groups in total. The van der Waals surface area contributed by atoms with Crippen LogP contribution in [0.3, 0.4) is 0 Å². The highest BCUT2D eigenvalue weighted by molar-refractivity contribution is 5.94. The Morgan fingerprint density at radius 1 is 1.12 bits per heavy atom. The van der Waals surface area contributed by atoms with Crippen LogP contribution in [0.15, 0.2) is 60.8 Å². The lowest BCUT2D eigenvalue weighted by molar-refractivity contribution is 0.00652. The molecule has 2 heterocycles. The molecule has 0 bridgehead atoms. The minimum absolute atomic E-state index is 0.136. The maximum atomic E-state index is 14.4. The van der Waals surface area contributed by atoms with Gasteiger partial charge in [-0.3, -0.25) is 9.48 Å². The first-order valence-corrected chi connectivity index (χ1v) is 10.7. The number of nitrogen functional groups attached to an aromatic ring is 1. The number of carbonyl (C=O) groups excluding carboxylic acids is 1. The SMILES string of the molecule is Cc1nn(C)c(C)c1-c1cnc(N)c(-c2ccccc2[C@H](NC(=O)c2ccccc2)[C@@H](O)F)n1. The van der Waals surface area contributed by atoms with E-state index in [1.54, 1.807) is 65.5 Å². The van der Waals surface area contributed by atoms with Crippen molar-refractivity contribution in [3.8, 4) is 22.5 Å². The molecule has 0 aliphatic rings. The lowest BCUT2D eigenvalue weighted by atomic mass is 9.97. The minimum atomic E-state index is -2.37. The Kier molecular flexibility index (Phi) is 6.38. The standard InChI is InChI=1S/C25H25FN6O2/c1-14-20(15(2)32(3)31-14)19-13-28-24(27)22(29-19)18-12-8-7-11-17(18)21(23(26)33)30-25(34)16-9-5-4-6-10-16/h4-13,21,23,33H,1-3H3,(H2,27,28)(H,30,34)/t21-,23+/m0/s1. The highest BCUT2D eigenvalue weighted by atomic mass is 19.1. The van der Waals surface area contributed by atoms with Crippen molar-refractivity contribution in [3.05, 3.63) is 83.3 Å². The zero-order valence-corrected chi connectivity index (χ0v) is 19.0. The molecule has 4 rings (SSSR count). The van der Waals surface area contributed by atoms with E-state index in [0.717, 1.165) is 17.0 Å². The maximum Gasteiger partial charge on any atom is 0.251 e. The van der Waals surface area contributed by atoms with Gasteiger partial charge in [0.2, 0.25) is 6.36 Å². The van der Waals surface area contributed by atoms with Gasteiger partial charge < -0.3 is 16.2 Å². The summed E-state index contributed by atoms with van der Waals surface area (Å²) >= 11 is 0. The first-order valence-electron chi connectivity index (χ1n) is 10.7. The molecular formula is C25H25FN6O2. The number of alkyl halides is 1. The Hall–Kier alpha value is -4.11. The van der Waals surface area contributed by atoms with E-state index in [-0.39, 0.29) is 5.82 Å². The number of aliphatic hydroxyl groups is 1. The number of amides is 1. The molecule has 4 aromatic rings. The zero-order chi connectivity index (χ0) is 24.4. The van der Waals surface area contributed by atoms with Crippen LogP contribution >= 0.6 is 0 Å². The molecule has 1 amide bonds. The highest BCUT2D eigenvalue weighted by Crippen LogP contribution is 2.34. The first kappa shape index (κ1) is 23.1. The van der Waals surface area contributed by atoms with Gasteiger partial charge in [-0.15, -0.1) is 0 Å². The number of benzene rings is 2. The molecule has 0 fully saturated rings. The van der Waals surface area contributed by atoms with Crippen LogP contribution in [-0.2, 0) is 7.05 Å². The van der Waals surface area contributed by atoms with Crippen molar-refractivity contribution in [2.45, 2.75) is 26.2 Å². The van der Waals surface area contributed by atoms with Crippen molar-refractivity contribution in [1.82, 2.24) is 25.1 Å². The van der Waals surface area contributed by atoms with Gasteiger partial charge in [0, 0.05) is 29.4 Å². The van der Waals surface area contributed by atoms with Crippen molar-refractivity contribution in [1.29, 1.82) is 0 Å². The second-order valence-corrected chi connectivity index (χ2v) is 7.94. The quantitative estimate of drug-likeness (QED) is 0.405. The van der Waals surface area contributed by atoms with E-state index in [9.17, 15) is 14.3 Å². The summed E-state index contributed by atoms with van der Waals surface area (Å²) in [5.74, 6) is -0.386. The smallest absolute Gasteiger partial charge is 0.251 e. The highest BCUT2D eigenvalue weighted by Gasteiger charge is 2.27. The van der Waals surface area contributed by atoms with E-state index in [2.05, 4.69) is 15.4 Å². The van der Waals surface area contributed by atoms with Gasteiger partial charge in [-0.25, -0.2) is 14.4 Å². The van der Waals surface area contributed by atoms with Gasteiger partial charge in [0.1, 0.15) is 17.6 Å². The molecule has 0 saturated carbocycles. The number of aliphatic hydroxyl groups excluding tert-OH is 1. The van der Waals surface area contributed by atoms with Crippen LogP contribution in [0.4, 0.5) is 10.2 Å². The fraction of sp³-hybridized carbons (Fsp3) is 0.200. The maximum absolute atomic E-state index is 14.4. The topological polar surface area (TPSA) is 119 Å². The summed E-state index contributed by atoms with van der Waals surface area (Å²) in [5, 5.41) is 17.0. The average molecular weight is 461 g/mol. The summed E-state index contributed by atoms with van der Waals surface area (Å²) in [6, 6.07) is 13.8. The summed E-state index contributed by atoms with van der Waals surface area (Å²) in [5.41, 5.74) is 10.7. The van der Waals surface area contributed by atoms with E-state index < -0.39 is 18.3 Å². The van der Waals surface area contributed by atoms with Gasteiger partial charge in [-0.2, -0.15) is 5.10 Å². The van der Waals surface area contributed by atoms with Crippen LogP contribution < -0.4 is 11.1 Å². The minimum Gasteiger partial charge on any atom is -0.382 e. The zero-order valence-electron chi connectivity index (χ0n) is 19.0. The van der Waals surface area contributed by atoms with Crippen LogP contribution in [-0.4, -0.2) is 37.1 Å². The lowest BCUT2D eigenvalue weighted by Gasteiger charge is -2.22. The van der Waals surface area contributed by atoms with Gasteiger partial charge in [-0.05, 0) is 31.5 Å². The van der Waals surface area contributed by atoms with Gasteiger partial charge >= 0.3 is 0 Å². The first-order chi connectivity index (χ1) is 16.3. The normalized spacial score (nSPS) is 12.9. The number of hydrogen-bond acceptors (Lipinski definition) is 6. The molecular weight excluding hydrogens is 435 g/mol. The summed E-state index contributed by atoms with van der Waals surface area (Å²) in [6.07, 6.45) is -0.800. The van der Waals surface area contributed by atoms with Crippen molar-refractivity contribution in [2.24, 2.45) is 7.05 Å². The molecule has 2 aromatic heterocycles. The Labute approximate surface area is 196 Å². The number of halogens is 1. The number of anilines is 1. The van der Waals surface area contributed by atoms with Crippen LogP contribution in [0.25, 0.3) is 22.5 Å². The van der Waals surface area contributed by atoms with Gasteiger partial charge in [-0.1, -0.05) is 42.5 Å². The number of hydrogen-bond donors (Lipinski definition) is 3. The van der Waals surface area contributed by atoms with Crippen LogP contribution in [0.2, 0.25) is 0 Å². The third-order valence-corrected chi connectivity index (χ3v) is 5.71. The third kappa shape index (κ3) is 4.38. The molecule has 2 aromatic carbocycles. The van der Waals surface area contributed by atoms with E-state index in [1.807, 2.05) is 20.9 Å². The monoisotopic (exact) mass is 460 g/mol. The number of nitrogens with zero attached hydrogens (tertiary/aromatic N) is 4. The van der Waals surface area contributed by atoms with Crippen LogP contribution in [0.1, 0.15) is 33.4 Å². The lowest BCUT2D eigenvalue weighted by Crippen LogP contribution is -2.34. The van der Waals surface area contributed by atoms with E-state index in [4.69, 9.17) is 10.7 Å². The molecule has 2 atom stereocenters. The largest absolute Gasteiger partial charge is 0.382 e. The molecule has 34 heavy (non-hydrogen) atoms. The van der Waals surface area contributed by atoms with Crippen molar-refractivity contribution < 1.29 is 14.3 Å². The predicted octanol–water partition coefficient (Wildman–Crippen LogP) is 3.50. The Balaban J connectivity index is 1.79. The molecule has 0 radical (unpaired) electrons. The molecule has 0 saturated heterocycles. The Morgan fingerprint density at radius 3 is 2.44 bits per heavy atom. The summed E-state index contributed by atoms with van der Waals surface area (Å²) in [4.78, 5) is 21.8. The predicted molar refractivity (Wildman–Crippen MR) is 127 cm³/mol. The van der Waals surface area contributed by atoms with E-state index >= 15 is 0 Å². The van der Waals surface area contributed by atoms with Gasteiger partial charge in [0.15, 0.2) is 0 Å². The van der Waals surface area contributed by atoms with Gasteiger partial charge in [0.05, 0.1) is 17.6 Å². The molecule has 0 aliphatic carbocycles. The number of aryl methyl sites for hydroxylation is 2. The van der Waals surface area contributed by atoms with Crippen molar-refractivity contribution in [2.75, 3.05) is 5.73 Å². The third-order valence-electron chi connectivity index (χ3n) is 5.71. The molecule has 8 nitrogen and oxygen atoms in total. The second-order valence-electron chi connectivity index (χ2n) is 7.94. The number of carbonyl (C=O) groups is 1. The summed E-state index contributed by atoms with van der Waals surface area (Å²) in [7, 11) is 1.84. The Morgan fingerprint density at radius 2 is 1.79 bits per heavy atom. The molecule has 0 spiro atoms. The van der Waals surface area contributed by atoms with Crippen LogP contribution in [0, 0.1) is 13.8 Å².